The first kappa shape index (κ1) is 6.88. The highest BCUT2D eigenvalue weighted by atomic mass is 17.1. The molecule has 0 aliphatic rings. The zero-order valence-electron chi connectivity index (χ0n) is 4.29. The summed E-state index contributed by atoms with van der Waals surface area (Å²) in [5.41, 5.74) is 0. The average Bonchev–Trinajstić information content (AvgIpc) is 1.68. The SMILES string of the molecule is CC(CO)COO. The number of hydrogen-bond donors (Lipinski definition) is 2. The van der Waals surface area contributed by atoms with Crippen molar-refractivity contribution in [3.05, 3.63) is 0 Å². The number of rotatable bonds is 3. The van der Waals surface area contributed by atoms with Crippen molar-refractivity contribution in [2.24, 2.45) is 5.92 Å². The lowest BCUT2D eigenvalue weighted by Gasteiger charge is -2.00. The van der Waals surface area contributed by atoms with Crippen molar-refractivity contribution in [2.75, 3.05) is 13.2 Å². The van der Waals surface area contributed by atoms with Gasteiger partial charge >= 0.3 is 0 Å². The van der Waals surface area contributed by atoms with Crippen LogP contribution in [0.5, 0.6) is 0 Å². The maximum absolute atomic E-state index is 8.27. The molecule has 0 radical (unpaired) electrons. The van der Waals surface area contributed by atoms with Crippen LogP contribution in [0.3, 0.4) is 0 Å². The summed E-state index contributed by atoms with van der Waals surface area (Å²) in [5, 5.41) is 16.0. The molecule has 3 heteroatoms. The standard InChI is InChI=1S/C4H10O3/c1-4(2-5)3-7-6/h4-6H,2-3H2,1H3. The summed E-state index contributed by atoms with van der Waals surface area (Å²) >= 11 is 0. The predicted octanol–water partition coefficient (Wildman–Crippen LogP) is 0.104. The monoisotopic (exact) mass is 106 g/mol. The first-order valence-electron chi connectivity index (χ1n) is 2.18. The van der Waals surface area contributed by atoms with Crippen LogP contribution in [0.1, 0.15) is 6.92 Å². The van der Waals surface area contributed by atoms with Gasteiger partial charge in [0.1, 0.15) is 0 Å². The molecule has 3 nitrogen and oxygen atoms in total. The molecule has 0 amide bonds. The van der Waals surface area contributed by atoms with Crippen molar-refractivity contribution < 1.29 is 15.3 Å². The molecule has 0 saturated carbocycles. The molecular formula is C4H10O3. The van der Waals surface area contributed by atoms with E-state index in [0.29, 0.717) is 0 Å². The van der Waals surface area contributed by atoms with Crippen molar-refractivity contribution in [2.45, 2.75) is 6.92 Å². The fourth-order valence-corrected chi connectivity index (χ4v) is 0.180. The topological polar surface area (TPSA) is 49.7 Å². The fraction of sp³-hybridized carbons (Fsp3) is 1.00. The van der Waals surface area contributed by atoms with Crippen molar-refractivity contribution in [1.29, 1.82) is 0 Å². The van der Waals surface area contributed by atoms with E-state index in [4.69, 9.17) is 10.4 Å². The first-order valence-corrected chi connectivity index (χ1v) is 2.18. The van der Waals surface area contributed by atoms with Crippen LogP contribution in [-0.2, 0) is 4.89 Å². The molecule has 0 aromatic carbocycles. The van der Waals surface area contributed by atoms with Gasteiger partial charge in [-0.2, -0.15) is 0 Å². The van der Waals surface area contributed by atoms with E-state index < -0.39 is 0 Å². The molecule has 0 aromatic heterocycles. The van der Waals surface area contributed by atoms with Gasteiger partial charge in [-0.05, 0) is 0 Å². The van der Waals surface area contributed by atoms with Gasteiger partial charge in [0.25, 0.3) is 0 Å². The lowest BCUT2D eigenvalue weighted by Crippen LogP contribution is -2.07. The van der Waals surface area contributed by atoms with Gasteiger partial charge in [-0.15, -0.1) is 0 Å². The third-order valence-electron chi connectivity index (χ3n) is 0.671. The highest BCUT2D eigenvalue weighted by molar-refractivity contribution is 4.42. The van der Waals surface area contributed by atoms with Gasteiger partial charge in [0.2, 0.25) is 0 Å². The fourth-order valence-electron chi connectivity index (χ4n) is 0.180. The second-order valence-electron chi connectivity index (χ2n) is 1.58. The van der Waals surface area contributed by atoms with Crippen molar-refractivity contribution in [3.8, 4) is 0 Å². The van der Waals surface area contributed by atoms with Gasteiger partial charge in [0, 0.05) is 12.5 Å². The van der Waals surface area contributed by atoms with Crippen LogP contribution in [0.25, 0.3) is 0 Å². The van der Waals surface area contributed by atoms with E-state index in [1.165, 1.54) is 0 Å². The van der Waals surface area contributed by atoms with Crippen molar-refractivity contribution in [3.63, 3.8) is 0 Å². The summed E-state index contributed by atoms with van der Waals surface area (Å²) in [4.78, 5) is 3.73. The molecule has 1 atom stereocenters. The average molecular weight is 106 g/mol. The highest BCUT2D eigenvalue weighted by Crippen LogP contribution is 1.89. The van der Waals surface area contributed by atoms with Gasteiger partial charge in [0.05, 0.1) is 6.61 Å². The Hall–Kier alpha value is -0.120. The van der Waals surface area contributed by atoms with E-state index in [1.807, 2.05) is 0 Å². The second kappa shape index (κ2) is 4.05. The van der Waals surface area contributed by atoms with Crippen LogP contribution in [0.2, 0.25) is 0 Å². The zero-order valence-corrected chi connectivity index (χ0v) is 4.29. The molecule has 0 rings (SSSR count). The lowest BCUT2D eigenvalue weighted by atomic mass is 10.2. The largest absolute Gasteiger partial charge is 0.396 e. The normalized spacial score (nSPS) is 14.1. The quantitative estimate of drug-likeness (QED) is 0.396. The molecule has 0 bridgehead atoms. The van der Waals surface area contributed by atoms with Gasteiger partial charge in [0.15, 0.2) is 0 Å². The summed E-state index contributed by atoms with van der Waals surface area (Å²) in [7, 11) is 0. The van der Waals surface area contributed by atoms with Crippen molar-refractivity contribution >= 4 is 0 Å². The molecule has 0 aromatic rings. The molecule has 7 heavy (non-hydrogen) atoms. The van der Waals surface area contributed by atoms with E-state index in [0.717, 1.165) is 0 Å². The molecule has 1 unspecified atom stereocenters. The smallest absolute Gasteiger partial charge is 0.0867 e. The van der Waals surface area contributed by atoms with Gasteiger partial charge < -0.3 is 5.11 Å². The van der Waals surface area contributed by atoms with E-state index in [2.05, 4.69) is 4.89 Å². The van der Waals surface area contributed by atoms with E-state index in [-0.39, 0.29) is 19.1 Å². The molecule has 44 valence electrons. The third-order valence-corrected chi connectivity index (χ3v) is 0.671. The minimum absolute atomic E-state index is 0.0324. The van der Waals surface area contributed by atoms with Gasteiger partial charge in [-0.1, -0.05) is 6.92 Å². The maximum atomic E-state index is 8.27. The van der Waals surface area contributed by atoms with Crippen LogP contribution < -0.4 is 0 Å². The van der Waals surface area contributed by atoms with Crippen LogP contribution in [-0.4, -0.2) is 23.6 Å². The first-order chi connectivity index (χ1) is 3.31. The molecule has 0 saturated heterocycles. The molecule has 0 aliphatic carbocycles. The molecular weight excluding hydrogens is 96.0 g/mol. The Morgan fingerprint density at radius 2 is 2.29 bits per heavy atom. The number of aliphatic hydroxyl groups excluding tert-OH is 1. The Morgan fingerprint density at radius 3 is 2.43 bits per heavy atom. The van der Waals surface area contributed by atoms with Gasteiger partial charge in [-0.3, -0.25) is 5.26 Å². The molecule has 0 spiro atoms. The summed E-state index contributed by atoms with van der Waals surface area (Å²) in [6.07, 6.45) is 0. The van der Waals surface area contributed by atoms with Crippen molar-refractivity contribution in [1.82, 2.24) is 0 Å². The van der Waals surface area contributed by atoms with E-state index in [1.54, 1.807) is 6.92 Å². The Kier molecular flexibility index (Phi) is 3.98. The highest BCUT2D eigenvalue weighted by Gasteiger charge is 1.96. The third kappa shape index (κ3) is 3.72. The van der Waals surface area contributed by atoms with E-state index in [9.17, 15) is 0 Å². The number of aliphatic hydroxyl groups is 1. The van der Waals surface area contributed by atoms with Crippen LogP contribution in [0.4, 0.5) is 0 Å². The molecule has 0 fully saturated rings. The lowest BCUT2D eigenvalue weighted by molar-refractivity contribution is -0.251. The van der Waals surface area contributed by atoms with Gasteiger partial charge in [-0.25, -0.2) is 4.89 Å². The predicted molar refractivity (Wildman–Crippen MR) is 24.8 cm³/mol. The summed E-state index contributed by atoms with van der Waals surface area (Å²) in [5.74, 6) is 0.0324. The Balaban J connectivity index is 2.83. The zero-order chi connectivity index (χ0) is 5.70. The van der Waals surface area contributed by atoms with Crippen LogP contribution >= 0.6 is 0 Å². The van der Waals surface area contributed by atoms with E-state index >= 15 is 0 Å². The van der Waals surface area contributed by atoms with Crippen LogP contribution in [0, 0.1) is 5.92 Å². The molecule has 0 aliphatic heterocycles. The minimum atomic E-state index is 0.0324. The number of hydrogen-bond acceptors (Lipinski definition) is 3. The summed E-state index contributed by atoms with van der Waals surface area (Å²) < 4.78 is 0. The maximum Gasteiger partial charge on any atom is 0.0867 e. The second-order valence-corrected chi connectivity index (χ2v) is 1.58. The Morgan fingerprint density at radius 1 is 1.71 bits per heavy atom. The van der Waals surface area contributed by atoms with Crippen LogP contribution in [0.15, 0.2) is 0 Å². The molecule has 0 heterocycles. The molecule has 2 N–H and O–H groups in total. The Bertz CT molecular complexity index is 37.9. The summed E-state index contributed by atoms with van der Waals surface area (Å²) in [6.45, 7) is 2.04. The Labute approximate surface area is 42.5 Å². The summed E-state index contributed by atoms with van der Waals surface area (Å²) in [6, 6.07) is 0. The minimum Gasteiger partial charge on any atom is -0.396 e.